The topological polar surface area (TPSA) is 53.5 Å². The molecule has 0 aliphatic heterocycles. The highest BCUT2D eigenvalue weighted by Crippen LogP contribution is 2.36. The maximum atomic E-state index is 5.12. The van der Waals surface area contributed by atoms with Crippen LogP contribution in [-0.2, 0) is 0 Å². The number of fused-ring (bicyclic) bond motifs is 3. The Morgan fingerprint density at radius 2 is 0.956 bits per heavy atom. The largest absolute Gasteiger partial charge is 0.299 e. The summed E-state index contributed by atoms with van der Waals surface area (Å²) in [4.78, 5) is 14.5. The van der Waals surface area contributed by atoms with Gasteiger partial charge in [0.15, 0.2) is 0 Å². The molecule has 0 spiro atoms. The van der Waals surface area contributed by atoms with Crippen LogP contribution in [0, 0.1) is 0 Å². The Balaban J connectivity index is 1.33. The van der Waals surface area contributed by atoms with Gasteiger partial charge in [-0.25, -0.2) is 15.0 Å². The van der Waals surface area contributed by atoms with Crippen LogP contribution < -0.4 is 0 Å². The summed E-state index contributed by atoms with van der Waals surface area (Å²) in [5.74, 6) is 0.904. The van der Waals surface area contributed by atoms with E-state index in [4.69, 9.17) is 15.0 Å². The predicted octanol–water partition coefficient (Wildman–Crippen LogP) is 9.04. The van der Waals surface area contributed by atoms with Crippen LogP contribution in [-0.4, -0.2) is 28.7 Å². The van der Waals surface area contributed by atoms with Gasteiger partial charge >= 0.3 is 0 Å². The molecule has 0 unspecified atom stereocenters. The molecule has 6 nitrogen and oxygen atoms in total. The Morgan fingerprint density at radius 1 is 0.422 bits per heavy atom. The minimum absolute atomic E-state index is 0.904. The summed E-state index contributed by atoms with van der Waals surface area (Å²) >= 11 is 0. The zero-order valence-corrected chi connectivity index (χ0v) is 24.2. The molecular weight excluding hydrogens is 552 g/mol. The van der Waals surface area contributed by atoms with Gasteiger partial charge in [-0.2, -0.15) is 0 Å². The summed E-state index contributed by atoms with van der Waals surface area (Å²) in [5.41, 5.74) is 12.3. The fourth-order valence-corrected chi connectivity index (χ4v) is 6.32. The van der Waals surface area contributed by atoms with E-state index in [1.165, 1.54) is 0 Å². The van der Waals surface area contributed by atoms with Crippen LogP contribution >= 0.6 is 0 Å². The average molecular weight is 579 g/mol. The van der Waals surface area contributed by atoms with Gasteiger partial charge in [-0.05, 0) is 66.2 Å². The SMILES string of the molecule is c1ccc(-c2nc3ccccc3n2-c2ccccc2-c2cc(-n3cnc4ccccc43)cc(-n3cnc4ccccc43)c2)cc1. The minimum Gasteiger partial charge on any atom is -0.299 e. The average Bonchev–Trinajstić information content (AvgIpc) is 3.84. The van der Waals surface area contributed by atoms with E-state index in [2.05, 4.69) is 123 Å². The maximum absolute atomic E-state index is 5.12. The predicted molar refractivity (Wildman–Crippen MR) is 181 cm³/mol. The summed E-state index contributed by atoms with van der Waals surface area (Å²) in [5, 5.41) is 0. The van der Waals surface area contributed by atoms with Crippen LogP contribution in [0.15, 0.2) is 158 Å². The highest BCUT2D eigenvalue weighted by molar-refractivity contribution is 5.88. The Labute approximate surface area is 259 Å². The lowest BCUT2D eigenvalue weighted by atomic mass is 10.0. The molecule has 3 aromatic heterocycles. The van der Waals surface area contributed by atoms with E-state index in [-0.39, 0.29) is 0 Å². The van der Waals surface area contributed by atoms with E-state index in [1.54, 1.807) is 0 Å². The second kappa shape index (κ2) is 10.2. The molecule has 9 aromatic rings. The van der Waals surface area contributed by atoms with Crippen LogP contribution in [0.4, 0.5) is 0 Å². The van der Waals surface area contributed by atoms with Gasteiger partial charge in [-0.1, -0.05) is 84.9 Å². The van der Waals surface area contributed by atoms with Gasteiger partial charge in [0.25, 0.3) is 0 Å². The summed E-state index contributed by atoms with van der Waals surface area (Å²) in [6.45, 7) is 0. The molecule has 0 N–H and O–H groups in total. The number of aromatic nitrogens is 6. The third-order valence-electron chi connectivity index (χ3n) is 8.41. The molecule has 0 aliphatic carbocycles. The van der Waals surface area contributed by atoms with Crippen molar-refractivity contribution in [2.45, 2.75) is 0 Å². The molecule has 6 heteroatoms. The molecule has 0 saturated carbocycles. The van der Waals surface area contributed by atoms with Gasteiger partial charge in [-0.15, -0.1) is 0 Å². The summed E-state index contributed by atoms with van der Waals surface area (Å²) in [6.07, 6.45) is 3.81. The molecule has 9 rings (SSSR count). The Morgan fingerprint density at radius 3 is 1.62 bits per heavy atom. The maximum Gasteiger partial charge on any atom is 0.145 e. The van der Waals surface area contributed by atoms with Crippen molar-refractivity contribution in [3.63, 3.8) is 0 Å². The molecule has 0 saturated heterocycles. The molecular formula is C39H26N6. The fourth-order valence-electron chi connectivity index (χ4n) is 6.32. The van der Waals surface area contributed by atoms with Crippen molar-refractivity contribution in [2.75, 3.05) is 0 Å². The highest BCUT2D eigenvalue weighted by atomic mass is 15.1. The van der Waals surface area contributed by atoms with Crippen molar-refractivity contribution in [2.24, 2.45) is 0 Å². The molecule has 0 bridgehead atoms. The lowest BCUT2D eigenvalue weighted by Gasteiger charge is -2.17. The molecule has 0 amide bonds. The van der Waals surface area contributed by atoms with E-state index in [0.29, 0.717) is 0 Å². The van der Waals surface area contributed by atoms with Crippen LogP contribution in [0.1, 0.15) is 0 Å². The van der Waals surface area contributed by atoms with Crippen molar-refractivity contribution >= 4 is 33.1 Å². The summed E-state index contributed by atoms with van der Waals surface area (Å²) < 4.78 is 6.60. The first kappa shape index (κ1) is 25.2. The molecule has 0 fully saturated rings. The zero-order valence-electron chi connectivity index (χ0n) is 24.2. The first-order valence-electron chi connectivity index (χ1n) is 14.9. The van der Waals surface area contributed by atoms with E-state index in [9.17, 15) is 0 Å². The van der Waals surface area contributed by atoms with E-state index in [0.717, 1.165) is 72.7 Å². The van der Waals surface area contributed by atoms with Gasteiger partial charge in [0.1, 0.15) is 18.5 Å². The number of imidazole rings is 3. The van der Waals surface area contributed by atoms with Crippen LogP contribution in [0.5, 0.6) is 0 Å². The smallest absolute Gasteiger partial charge is 0.145 e. The van der Waals surface area contributed by atoms with Crippen molar-refractivity contribution in [3.05, 3.63) is 158 Å². The lowest BCUT2D eigenvalue weighted by Crippen LogP contribution is -2.02. The second-order valence-electron chi connectivity index (χ2n) is 11.1. The third kappa shape index (κ3) is 4.15. The molecule has 0 atom stereocenters. The second-order valence-corrected chi connectivity index (χ2v) is 11.1. The Hall–Kier alpha value is -6.27. The fraction of sp³-hybridized carbons (Fsp3) is 0. The number of hydrogen-bond acceptors (Lipinski definition) is 3. The molecule has 0 aliphatic rings. The molecule has 3 heterocycles. The molecule has 212 valence electrons. The first-order chi connectivity index (χ1) is 22.3. The normalized spacial score (nSPS) is 11.6. The summed E-state index contributed by atoms with van der Waals surface area (Å²) in [7, 11) is 0. The van der Waals surface area contributed by atoms with Gasteiger partial charge < -0.3 is 0 Å². The van der Waals surface area contributed by atoms with Gasteiger partial charge in [0.2, 0.25) is 0 Å². The van der Waals surface area contributed by atoms with E-state index in [1.807, 2.05) is 49.1 Å². The number of hydrogen-bond donors (Lipinski definition) is 0. The third-order valence-corrected chi connectivity index (χ3v) is 8.41. The van der Waals surface area contributed by atoms with Crippen molar-refractivity contribution in [1.29, 1.82) is 0 Å². The van der Waals surface area contributed by atoms with Gasteiger partial charge in [-0.3, -0.25) is 13.7 Å². The van der Waals surface area contributed by atoms with Crippen LogP contribution in [0.25, 0.3) is 72.7 Å². The van der Waals surface area contributed by atoms with E-state index >= 15 is 0 Å². The first-order valence-corrected chi connectivity index (χ1v) is 14.9. The number of benzene rings is 6. The van der Waals surface area contributed by atoms with E-state index < -0.39 is 0 Å². The number of para-hydroxylation sites is 7. The van der Waals surface area contributed by atoms with Crippen molar-refractivity contribution in [3.8, 4) is 39.6 Å². The highest BCUT2D eigenvalue weighted by Gasteiger charge is 2.19. The lowest BCUT2D eigenvalue weighted by molar-refractivity contribution is 1.05. The van der Waals surface area contributed by atoms with Crippen molar-refractivity contribution in [1.82, 2.24) is 28.7 Å². The minimum atomic E-state index is 0.904. The zero-order chi connectivity index (χ0) is 29.7. The van der Waals surface area contributed by atoms with Crippen molar-refractivity contribution < 1.29 is 0 Å². The van der Waals surface area contributed by atoms with Crippen LogP contribution in [0.3, 0.4) is 0 Å². The van der Waals surface area contributed by atoms with Crippen LogP contribution in [0.2, 0.25) is 0 Å². The number of rotatable bonds is 5. The molecule has 6 aromatic carbocycles. The standard InChI is InChI=1S/C39H26N6/c1-2-12-27(13-3-1)39-42-34-17-7-11-21-38(34)45(39)35-18-8-4-14-31(35)28-22-29(43-25-40-32-15-5-9-19-36(32)43)24-30(23-28)44-26-41-33-16-6-10-20-37(33)44/h1-26H. The number of nitrogens with zero attached hydrogens (tertiary/aromatic N) is 6. The van der Waals surface area contributed by atoms with Gasteiger partial charge in [0.05, 0.1) is 38.8 Å². The monoisotopic (exact) mass is 578 g/mol. The summed E-state index contributed by atoms with van der Waals surface area (Å²) in [6, 6.07) is 50.5. The Bertz CT molecular complexity index is 2410. The van der Waals surface area contributed by atoms with Gasteiger partial charge in [0, 0.05) is 22.5 Å². The quantitative estimate of drug-likeness (QED) is 0.205. The molecule has 45 heavy (non-hydrogen) atoms. The molecule has 0 radical (unpaired) electrons. The Kier molecular flexibility index (Phi) is 5.71.